The quantitative estimate of drug-likeness (QED) is 0.319. The number of nitrogens with zero attached hydrogens (tertiary/aromatic N) is 4. The van der Waals surface area contributed by atoms with Crippen molar-refractivity contribution in [2.45, 2.75) is 18.7 Å². The lowest BCUT2D eigenvalue weighted by Gasteiger charge is -2.21. The minimum absolute atomic E-state index is 0.0435. The highest BCUT2D eigenvalue weighted by molar-refractivity contribution is 7.91. The summed E-state index contributed by atoms with van der Waals surface area (Å²) in [6.07, 6.45) is 1.05. The Balaban J connectivity index is 1.83. The second-order valence-corrected chi connectivity index (χ2v) is 11.3. The minimum atomic E-state index is -3.66. The summed E-state index contributed by atoms with van der Waals surface area (Å²) in [6, 6.07) is 12.3. The first-order valence-corrected chi connectivity index (χ1v) is 14.2. The lowest BCUT2D eigenvalue weighted by atomic mass is 10.3. The average molecular weight is 581 g/mol. The van der Waals surface area contributed by atoms with Crippen LogP contribution in [0.1, 0.15) is 13.8 Å². The molecule has 0 atom stereocenters. The molecule has 0 bridgehead atoms. The largest absolute Gasteiger partial charge is 0.414 e. The van der Waals surface area contributed by atoms with E-state index in [1.54, 1.807) is 38.5 Å². The van der Waals surface area contributed by atoms with E-state index in [-0.39, 0.29) is 33.0 Å². The van der Waals surface area contributed by atoms with Gasteiger partial charge >= 0.3 is 6.09 Å². The van der Waals surface area contributed by atoms with Crippen molar-refractivity contribution in [3.05, 3.63) is 58.7 Å². The minimum Gasteiger partial charge on any atom is -0.409 e. The molecule has 0 unspecified atom stereocenters. The number of hydrogen-bond acceptors (Lipinski definition) is 9. The fourth-order valence-corrected chi connectivity index (χ4v) is 5.17. The van der Waals surface area contributed by atoms with Crippen LogP contribution in [0.4, 0.5) is 27.9 Å². The first-order chi connectivity index (χ1) is 18.0. The third-order valence-corrected chi connectivity index (χ3v) is 7.42. The molecule has 1 heterocycles. The van der Waals surface area contributed by atoms with Crippen LogP contribution in [-0.4, -0.2) is 68.9 Å². The van der Waals surface area contributed by atoms with Gasteiger partial charge in [0.25, 0.3) is 0 Å². The lowest BCUT2D eigenvalue weighted by Crippen LogP contribution is -2.25. The van der Waals surface area contributed by atoms with Gasteiger partial charge in [0.2, 0.25) is 5.95 Å². The van der Waals surface area contributed by atoms with Crippen LogP contribution in [0.15, 0.2) is 47.5 Å². The molecule has 203 valence electrons. The molecule has 3 rings (SSSR count). The number of halogens is 2. The molecule has 0 spiro atoms. The van der Waals surface area contributed by atoms with Crippen LogP contribution < -0.4 is 20.3 Å². The second-order valence-electron chi connectivity index (χ2n) is 8.27. The average Bonchev–Trinajstić information content (AvgIpc) is 2.85. The van der Waals surface area contributed by atoms with Crippen LogP contribution in [0.5, 0.6) is 5.75 Å². The zero-order chi connectivity index (χ0) is 27.9. The summed E-state index contributed by atoms with van der Waals surface area (Å²) in [4.78, 5) is 24.3. The van der Waals surface area contributed by atoms with Gasteiger partial charge in [0, 0.05) is 43.8 Å². The normalized spacial score (nSPS) is 11.1. The van der Waals surface area contributed by atoms with E-state index in [9.17, 15) is 13.2 Å². The Hall–Kier alpha value is -3.28. The maximum Gasteiger partial charge on any atom is 0.414 e. The molecule has 10 nitrogen and oxygen atoms in total. The van der Waals surface area contributed by atoms with Crippen LogP contribution in [0, 0.1) is 6.07 Å². The molecule has 1 amide bonds. The molecule has 2 aromatic carbocycles. The fraction of sp³-hybridized carbons (Fsp3) is 0.320. The molecule has 0 aliphatic rings. The first kappa shape index (κ1) is 29.3. The maximum absolute atomic E-state index is 12.8. The molecule has 3 aromatic rings. The number of ether oxygens (including phenoxy) is 1. The van der Waals surface area contributed by atoms with Crippen LogP contribution in [0.25, 0.3) is 0 Å². The van der Waals surface area contributed by atoms with Crippen molar-refractivity contribution < 1.29 is 17.9 Å². The molecule has 0 aliphatic carbocycles. The van der Waals surface area contributed by atoms with Gasteiger partial charge in [-0.05, 0) is 44.2 Å². The summed E-state index contributed by atoms with van der Waals surface area (Å²) in [7, 11) is -0.495. The van der Waals surface area contributed by atoms with Gasteiger partial charge in [-0.2, -0.15) is 4.98 Å². The SMILES string of the molecule is CCN(CC)c1ncc(NCCS(=O)(=O)c2cc(Cl)cc(Cl)c2)c(Nc2[c]c(OC(=O)N(C)C)ccc2)n1. The van der Waals surface area contributed by atoms with Gasteiger partial charge in [0.1, 0.15) is 5.75 Å². The van der Waals surface area contributed by atoms with Crippen molar-refractivity contribution in [1.29, 1.82) is 0 Å². The molecule has 0 saturated carbocycles. The maximum atomic E-state index is 12.8. The van der Waals surface area contributed by atoms with Crippen LogP contribution >= 0.6 is 23.2 Å². The molecule has 2 N–H and O–H groups in total. The lowest BCUT2D eigenvalue weighted by molar-refractivity contribution is 0.172. The van der Waals surface area contributed by atoms with Crippen molar-refractivity contribution in [3.8, 4) is 5.75 Å². The van der Waals surface area contributed by atoms with Crippen molar-refractivity contribution in [2.75, 3.05) is 55.0 Å². The molecule has 0 fully saturated rings. The Kier molecular flexibility index (Phi) is 10.0. The van der Waals surface area contributed by atoms with Gasteiger partial charge in [0.05, 0.1) is 34.3 Å². The van der Waals surface area contributed by atoms with Gasteiger partial charge in [-0.3, -0.25) is 0 Å². The van der Waals surface area contributed by atoms with Crippen molar-refractivity contribution in [2.24, 2.45) is 0 Å². The summed E-state index contributed by atoms with van der Waals surface area (Å²) >= 11 is 12.0. The van der Waals surface area contributed by atoms with Gasteiger partial charge in [-0.25, -0.2) is 18.2 Å². The molecule has 0 saturated heterocycles. The summed E-state index contributed by atoms with van der Waals surface area (Å²) < 4.78 is 31.0. The Morgan fingerprint density at radius 1 is 1.11 bits per heavy atom. The third-order valence-electron chi connectivity index (χ3n) is 5.29. The number of benzene rings is 2. The van der Waals surface area contributed by atoms with Gasteiger partial charge < -0.3 is 25.2 Å². The highest BCUT2D eigenvalue weighted by atomic mass is 35.5. The number of rotatable bonds is 11. The van der Waals surface area contributed by atoms with E-state index in [2.05, 4.69) is 26.7 Å². The van der Waals surface area contributed by atoms with Crippen molar-refractivity contribution in [1.82, 2.24) is 14.9 Å². The number of sulfone groups is 1. The van der Waals surface area contributed by atoms with Crippen molar-refractivity contribution in [3.63, 3.8) is 0 Å². The molecular weight excluding hydrogens is 551 g/mol. The van der Waals surface area contributed by atoms with E-state index in [1.807, 2.05) is 18.7 Å². The highest BCUT2D eigenvalue weighted by Crippen LogP contribution is 2.28. The van der Waals surface area contributed by atoms with E-state index < -0.39 is 15.9 Å². The first-order valence-electron chi connectivity index (χ1n) is 11.8. The number of carbonyl (C=O) groups excluding carboxylic acids is 1. The molecule has 0 aliphatic heterocycles. The Morgan fingerprint density at radius 2 is 1.79 bits per heavy atom. The van der Waals surface area contributed by atoms with Gasteiger partial charge in [-0.15, -0.1) is 0 Å². The number of hydrogen-bond donors (Lipinski definition) is 2. The predicted molar refractivity (Wildman–Crippen MR) is 151 cm³/mol. The predicted octanol–water partition coefficient (Wildman–Crippen LogP) is 5.12. The standard InChI is InChI=1S/C25H29Cl2N6O4S/c1-5-33(6-2)24-29-16-22(28-10-11-38(35,36)21-13-17(26)12-18(27)14-21)23(31-24)30-19-8-7-9-20(15-19)37-25(34)32(3)4/h7-9,12-14,16,28H,5-6,10-11H2,1-4H3,(H,29,30,31). The zero-order valence-electron chi connectivity index (χ0n) is 21.5. The molecule has 1 radical (unpaired) electrons. The molecule has 13 heteroatoms. The summed E-state index contributed by atoms with van der Waals surface area (Å²) in [5.41, 5.74) is 0.965. The number of anilines is 4. The highest BCUT2D eigenvalue weighted by Gasteiger charge is 2.18. The summed E-state index contributed by atoms with van der Waals surface area (Å²) in [5.74, 6) is 0.910. The number of amides is 1. The third kappa shape index (κ3) is 7.86. The Labute approximate surface area is 232 Å². The van der Waals surface area contributed by atoms with Gasteiger partial charge in [-0.1, -0.05) is 29.3 Å². The molecule has 38 heavy (non-hydrogen) atoms. The van der Waals surface area contributed by atoms with E-state index in [0.717, 1.165) is 0 Å². The van der Waals surface area contributed by atoms with Gasteiger partial charge in [0.15, 0.2) is 15.7 Å². The van der Waals surface area contributed by atoms with Crippen LogP contribution in [0.2, 0.25) is 10.0 Å². The van der Waals surface area contributed by atoms with E-state index >= 15 is 0 Å². The topological polar surface area (TPSA) is 117 Å². The number of carbonyl (C=O) groups is 1. The number of aromatic nitrogens is 2. The number of nitrogens with one attached hydrogen (secondary N) is 2. The second kappa shape index (κ2) is 13.0. The molecular formula is C25H29Cl2N6O4S. The summed E-state index contributed by atoms with van der Waals surface area (Å²) in [5, 5.41) is 6.75. The van der Waals surface area contributed by atoms with E-state index in [0.29, 0.717) is 36.2 Å². The smallest absolute Gasteiger partial charge is 0.409 e. The van der Waals surface area contributed by atoms with Crippen molar-refractivity contribution >= 4 is 62.3 Å². The van der Waals surface area contributed by atoms with E-state index in [4.69, 9.17) is 27.9 Å². The van der Waals surface area contributed by atoms with E-state index in [1.165, 1.54) is 23.1 Å². The monoisotopic (exact) mass is 579 g/mol. The van der Waals surface area contributed by atoms with Crippen LogP contribution in [0.3, 0.4) is 0 Å². The zero-order valence-corrected chi connectivity index (χ0v) is 23.8. The summed E-state index contributed by atoms with van der Waals surface area (Å²) in [6.45, 7) is 5.46. The Bertz CT molecular complexity index is 1360. The molecule has 1 aromatic heterocycles. The Morgan fingerprint density at radius 3 is 2.42 bits per heavy atom. The van der Waals surface area contributed by atoms with Crippen LogP contribution in [-0.2, 0) is 9.84 Å². The fourth-order valence-electron chi connectivity index (χ4n) is 3.30.